The molecule has 5 aliphatic carbocycles. The number of hydrogen-bond donors (Lipinski definition) is 2. The number of aliphatic hydroxyl groups is 2. The third kappa shape index (κ3) is 4.56. The maximum atomic E-state index is 12.9. The van der Waals surface area contributed by atoms with Crippen LogP contribution >= 0.6 is 0 Å². The molecule has 0 aromatic carbocycles. The Morgan fingerprint density at radius 3 is 2.26 bits per heavy atom. The lowest BCUT2D eigenvalue weighted by atomic mass is 9.36. The highest BCUT2D eigenvalue weighted by Gasteiger charge is 2.66. The van der Waals surface area contributed by atoms with Crippen molar-refractivity contribution in [3.8, 4) is 0 Å². The number of rotatable bonds is 5. The molecule has 0 aromatic heterocycles. The normalized spacial score (nSPS) is 43.6. The quantitative estimate of drug-likeness (QED) is 0.196. The van der Waals surface area contributed by atoms with E-state index in [0.29, 0.717) is 18.3 Å². The number of aliphatic hydroxyl groups excluding tert-OH is 2. The van der Waals surface area contributed by atoms with Crippen LogP contribution < -0.4 is 0 Å². The summed E-state index contributed by atoms with van der Waals surface area (Å²) in [6.07, 6.45) is 10.6. The van der Waals surface area contributed by atoms with Gasteiger partial charge in [-0.2, -0.15) is 0 Å². The van der Waals surface area contributed by atoms with E-state index in [9.17, 15) is 24.6 Å². The van der Waals surface area contributed by atoms with Crippen LogP contribution in [0.15, 0.2) is 35.3 Å². The van der Waals surface area contributed by atoms with Gasteiger partial charge in [0.1, 0.15) is 12.0 Å². The lowest BCUT2D eigenvalue weighted by Crippen LogP contribution is -2.62. The lowest BCUT2D eigenvalue weighted by molar-refractivity contribution is -0.194. The van der Waals surface area contributed by atoms with Crippen molar-refractivity contribution >= 4 is 17.9 Å². The Morgan fingerprint density at radius 2 is 1.62 bits per heavy atom. The number of hydrogen-bond acceptors (Lipinski definition) is 6. The minimum atomic E-state index is -0.464. The van der Waals surface area contributed by atoms with E-state index >= 15 is 0 Å². The lowest BCUT2D eigenvalue weighted by Gasteiger charge is -2.68. The van der Waals surface area contributed by atoms with E-state index in [4.69, 9.17) is 4.74 Å². The van der Waals surface area contributed by atoms with Gasteiger partial charge in [0, 0.05) is 28.7 Å². The van der Waals surface area contributed by atoms with E-state index in [1.54, 1.807) is 0 Å². The van der Waals surface area contributed by atoms with Crippen molar-refractivity contribution in [3.05, 3.63) is 35.3 Å². The van der Waals surface area contributed by atoms with Crippen LogP contribution in [0.25, 0.3) is 0 Å². The highest BCUT2D eigenvalue weighted by molar-refractivity contribution is 5.70. The maximum absolute atomic E-state index is 12.9. The van der Waals surface area contributed by atoms with E-state index in [1.165, 1.54) is 11.5 Å². The van der Waals surface area contributed by atoms with Gasteiger partial charge in [0.05, 0.1) is 12.2 Å². The van der Waals surface area contributed by atoms with Gasteiger partial charge in [-0.05, 0) is 97.9 Å². The first-order valence-corrected chi connectivity index (χ1v) is 16.0. The highest BCUT2D eigenvalue weighted by atomic mass is 16.5. The zero-order valence-corrected chi connectivity index (χ0v) is 26.5. The molecule has 9 unspecified atom stereocenters. The largest absolute Gasteiger partial charge is 0.512 e. The van der Waals surface area contributed by atoms with Crippen LogP contribution in [0, 0.1) is 50.7 Å². The molecular formula is C36H50O6. The molecule has 230 valence electrons. The predicted molar refractivity (Wildman–Crippen MR) is 162 cm³/mol. The fourth-order valence-electron chi connectivity index (χ4n) is 11.0. The van der Waals surface area contributed by atoms with Crippen molar-refractivity contribution in [2.75, 3.05) is 0 Å². The molecule has 0 aromatic rings. The summed E-state index contributed by atoms with van der Waals surface area (Å²) in [5, 5.41) is 20.0. The van der Waals surface area contributed by atoms with Gasteiger partial charge in [-0.15, -0.1) is 0 Å². The van der Waals surface area contributed by atoms with Crippen molar-refractivity contribution in [1.29, 1.82) is 0 Å². The molecule has 0 saturated heterocycles. The molecule has 2 N–H and O–H groups in total. The van der Waals surface area contributed by atoms with Crippen LogP contribution in [0.1, 0.15) is 112 Å². The average molecular weight is 579 g/mol. The number of carbonyl (C=O) groups is 1. The average Bonchev–Trinajstić information content (AvgIpc) is 2.92. The van der Waals surface area contributed by atoms with E-state index < -0.39 is 11.7 Å². The molecule has 0 bridgehead atoms. The fourth-order valence-corrected chi connectivity index (χ4v) is 11.0. The van der Waals surface area contributed by atoms with E-state index in [0.717, 1.165) is 56.9 Å². The molecular weight excluding hydrogens is 528 g/mol. The van der Waals surface area contributed by atoms with Crippen molar-refractivity contribution in [1.82, 2.24) is 0 Å². The SMILES string of the molecule is C=C(O)C1(C)CCC2(C)CCC3C(=CC(=C=O)C4C3(C)CCC3C(C)(C)C(OC(=O)CCC(O)=C=O)CCC34C)C2C1. The molecule has 6 nitrogen and oxygen atoms in total. The zero-order valence-electron chi connectivity index (χ0n) is 26.5. The van der Waals surface area contributed by atoms with Gasteiger partial charge in [-0.1, -0.05) is 53.7 Å². The third-order valence-corrected chi connectivity index (χ3v) is 13.5. The highest BCUT2D eigenvalue weighted by Crippen LogP contribution is 2.73. The van der Waals surface area contributed by atoms with Gasteiger partial charge in [-0.25, -0.2) is 9.59 Å². The van der Waals surface area contributed by atoms with Crippen LogP contribution in [0.4, 0.5) is 0 Å². The van der Waals surface area contributed by atoms with E-state index in [-0.39, 0.29) is 63.6 Å². The van der Waals surface area contributed by atoms with Crippen LogP contribution in [-0.2, 0) is 19.1 Å². The van der Waals surface area contributed by atoms with Crippen LogP contribution in [0.2, 0.25) is 0 Å². The number of fused-ring (bicyclic) bond motifs is 7. The summed E-state index contributed by atoms with van der Waals surface area (Å²) in [4.78, 5) is 36.1. The number of ether oxygens (including phenoxy) is 1. The van der Waals surface area contributed by atoms with Crippen molar-refractivity contribution in [2.24, 2.45) is 50.7 Å². The molecule has 5 aliphatic rings. The summed E-state index contributed by atoms with van der Waals surface area (Å²) in [6.45, 7) is 17.7. The second-order valence-corrected chi connectivity index (χ2v) is 16.1. The summed E-state index contributed by atoms with van der Waals surface area (Å²) >= 11 is 0. The van der Waals surface area contributed by atoms with Gasteiger partial charge < -0.3 is 14.9 Å². The molecule has 42 heavy (non-hydrogen) atoms. The van der Waals surface area contributed by atoms with Crippen molar-refractivity contribution in [2.45, 2.75) is 118 Å². The van der Waals surface area contributed by atoms with Gasteiger partial charge in [0.25, 0.3) is 0 Å². The standard InChI is InChI=1S/C36H50O6/c1-22(39)34(5)17-16-33(4)13-10-26-25(27(33)19-34)18-23(20-37)31-35(26,6)14-11-28-32(2,3)29(12-15-36(28,31)7)42-30(41)9-8-24(40)21-38/h18,26-29,31,39-40H,1,8-17,19H2,2-7H3. The number of allylic oxidation sites excluding steroid dienone is 5. The Balaban J connectivity index is 1.47. The summed E-state index contributed by atoms with van der Waals surface area (Å²) in [5.41, 5.74) is 1.56. The Hall–Kier alpha value is -2.55. The Labute approximate surface area is 251 Å². The molecule has 4 fully saturated rings. The molecule has 0 radical (unpaired) electrons. The predicted octanol–water partition coefficient (Wildman–Crippen LogP) is 7.80. The van der Waals surface area contributed by atoms with Gasteiger partial charge in [0.2, 0.25) is 0 Å². The van der Waals surface area contributed by atoms with E-state index in [2.05, 4.69) is 60.1 Å². The molecule has 5 rings (SSSR count). The Kier molecular flexibility index (Phi) is 7.56. The second-order valence-electron chi connectivity index (χ2n) is 16.1. The van der Waals surface area contributed by atoms with Gasteiger partial charge in [0.15, 0.2) is 11.7 Å². The minimum absolute atomic E-state index is 0.0493. The molecule has 0 spiro atoms. The van der Waals surface area contributed by atoms with Gasteiger partial charge >= 0.3 is 5.97 Å². The molecule has 4 saturated carbocycles. The molecule has 6 heteroatoms. The monoisotopic (exact) mass is 578 g/mol. The third-order valence-electron chi connectivity index (χ3n) is 13.5. The Bertz CT molecular complexity index is 1300. The summed E-state index contributed by atoms with van der Waals surface area (Å²) < 4.78 is 5.99. The van der Waals surface area contributed by atoms with Crippen LogP contribution in [-0.4, -0.2) is 34.2 Å². The Morgan fingerprint density at radius 1 is 0.929 bits per heavy atom. The molecule has 9 atom stereocenters. The molecule has 0 aliphatic heterocycles. The van der Waals surface area contributed by atoms with Crippen LogP contribution in [0.3, 0.4) is 0 Å². The smallest absolute Gasteiger partial charge is 0.306 e. The second kappa shape index (κ2) is 10.3. The summed E-state index contributed by atoms with van der Waals surface area (Å²) in [5.74, 6) is 4.32. The number of esters is 1. The molecule has 0 heterocycles. The summed E-state index contributed by atoms with van der Waals surface area (Å²) in [6, 6.07) is 0. The van der Waals surface area contributed by atoms with Gasteiger partial charge in [-0.3, -0.25) is 4.79 Å². The maximum Gasteiger partial charge on any atom is 0.306 e. The first-order valence-electron chi connectivity index (χ1n) is 16.0. The number of carbonyl (C=O) groups excluding carboxylic acids is 3. The molecule has 0 amide bonds. The van der Waals surface area contributed by atoms with E-state index in [1.807, 2.05) is 0 Å². The summed E-state index contributed by atoms with van der Waals surface area (Å²) in [7, 11) is 0. The first kappa shape index (κ1) is 30.9. The van der Waals surface area contributed by atoms with Crippen molar-refractivity contribution in [3.63, 3.8) is 0 Å². The topological polar surface area (TPSA) is 101 Å². The zero-order chi connectivity index (χ0) is 30.9. The first-order chi connectivity index (χ1) is 19.6. The fraction of sp³-hybridized carbons (Fsp3) is 0.750. The van der Waals surface area contributed by atoms with Crippen LogP contribution in [0.5, 0.6) is 0 Å². The minimum Gasteiger partial charge on any atom is -0.512 e. The van der Waals surface area contributed by atoms with Crippen molar-refractivity contribution < 1.29 is 29.3 Å².